The van der Waals surface area contributed by atoms with Crippen molar-refractivity contribution in [1.29, 1.82) is 0 Å². The predicted octanol–water partition coefficient (Wildman–Crippen LogP) is 2.67. The third-order valence-corrected chi connectivity index (χ3v) is 3.38. The Labute approximate surface area is 114 Å². The van der Waals surface area contributed by atoms with Crippen LogP contribution in [0.25, 0.3) is 0 Å². The first-order valence-electron chi connectivity index (χ1n) is 6.25. The number of amides is 1. The fourth-order valence-corrected chi connectivity index (χ4v) is 1.87. The van der Waals surface area contributed by atoms with Crippen molar-refractivity contribution in [3.05, 3.63) is 34.9 Å². The minimum atomic E-state index is 0.141. The Bertz CT molecular complexity index is 374. The Kier molecular flexibility index (Phi) is 6.16. The summed E-state index contributed by atoms with van der Waals surface area (Å²) in [5.74, 6) is 0.424. The second-order valence-electron chi connectivity index (χ2n) is 4.59. The summed E-state index contributed by atoms with van der Waals surface area (Å²) >= 11 is 5.82. The van der Waals surface area contributed by atoms with E-state index in [0.29, 0.717) is 24.5 Å². The summed E-state index contributed by atoms with van der Waals surface area (Å²) in [6.07, 6.45) is 1.47. The van der Waals surface area contributed by atoms with Crippen LogP contribution in [0.1, 0.15) is 25.3 Å². The number of nitrogens with zero attached hydrogens (tertiary/aromatic N) is 1. The molecule has 0 saturated heterocycles. The molecule has 1 rings (SSSR count). The van der Waals surface area contributed by atoms with Gasteiger partial charge in [0.1, 0.15) is 0 Å². The van der Waals surface area contributed by atoms with Gasteiger partial charge in [0.25, 0.3) is 0 Å². The Morgan fingerprint density at radius 3 is 2.50 bits per heavy atom. The molecular weight excluding hydrogens is 248 g/mol. The van der Waals surface area contributed by atoms with Gasteiger partial charge in [-0.2, -0.15) is 0 Å². The molecule has 0 bridgehead atoms. The lowest BCUT2D eigenvalue weighted by molar-refractivity contribution is -0.131. The summed E-state index contributed by atoms with van der Waals surface area (Å²) in [4.78, 5) is 13.7. The molecule has 4 heteroatoms. The van der Waals surface area contributed by atoms with Crippen molar-refractivity contribution in [2.24, 2.45) is 11.7 Å². The van der Waals surface area contributed by atoms with Gasteiger partial charge in [0, 0.05) is 25.0 Å². The second kappa shape index (κ2) is 7.39. The molecule has 1 unspecified atom stereocenters. The molecule has 0 heterocycles. The first kappa shape index (κ1) is 15.0. The van der Waals surface area contributed by atoms with E-state index in [0.717, 1.165) is 12.0 Å². The van der Waals surface area contributed by atoms with Crippen LogP contribution in [0.3, 0.4) is 0 Å². The first-order valence-corrected chi connectivity index (χ1v) is 6.63. The van der Waals surface area contributed by atoms with Gasteiger partial charge in [-0.3, -0.25) is 4.79 Å². The van der Waals surface area contributed by atoms with E-state index in [1.54, 1.807) is 4.90 Å². The van der Waals surface area contributed by atoms with Gasteiger partial charge in [-0.05, 0) is 30.2 Å². The van der Waals surface area contributed by atoms with Crippen molar-refractivity contribution < 1.29 is 4.79 Å². The van der Waals surface area contributed by atoms with Crippen LogP contribution < -0.4 is 5.73 Å². The molecule has 1 atom stereocenters. The summed E-state index contributed by atoms with van der Waals surface area (Å²) < 4.78 is 0. The predicted molar refractivity (Wildman–Crippen MR) is 75.4 cm³/mol. The molecule has 1 aromatic carbocycles. The van der Waals surface area contributed by atoms with Crippen LogP contribution in [0.4, 0.5) is 0 Å². The van der Waals surface area contributed by atoms with E-state index >= 15 is 0 Å². The average Bonchev–Trinajstić information content (AvgIpc) is 2.38. The molecule has 0 aliphatic rings. The molecule has 0 saturated carbocycles. The zero-order valence-corrected chi connectivity index (χ0v) is 11.8. The van der Waals surface area contributed by atoms with E-state index in [1.807, 2.05) is 31.3 Å². The summed E-state index contributed by atoms with van der Waals surface area (Å²) in [6.45, 7) is 3.23. The maximum Gasteiger partial charge on any atom is 0.222 e. The van der Waals surface area contributed by atoms with Crippen molar-refractivity contribution in [3.63, 3.8) is 0 Å². The molecule has 2 N–H and O–H groups in total. The number of carbonyl (C=O) groups excluding carboxylic acids is 1. The van der Waals surface area contributed by atoms with Crippen LogP contribution in [-0.2, 0) is 11.3 Å². The molecule has 0 radical (unpaired) electrons. The van der Waals surface area contributed by atoms with Crippen LogP contribution in [0.2, 0.25) is 5.02 Å². The fourth-order valence-electron chi connectivity index (χ4n) is 1.75. The lowest BCUT2D eigenvalue weighted by Gasteiger charge is -2.20. The first-order chi connectivity index (χ1) is 8.56. The normalized spacial score (nSPS) is 12.2. The van der Waals surface area contributed by atoms with E-state index in [2.05, 4.69) is 6.92 Å². The molecule has 1 aromatic rings. The van der Waals surface area contributed by atoms with Crippen LogP contribution in [-0.4, -0.2) is 24.4 Å². The van der Waals surface area contributed by atoms with Gasteiger partial charge in [0.15, 0.2) is 0 Å². The highest BCUT2D eigenvalue weighted by Gasteiger charge is 2.14. The lowest BCUT2D eigenvalue weighted by Crippen LogP contribution is -2.29. The third-order valence-electron chi connectivity index (χ3n) is 3.13. The second-order valence-corrected chi connectivity index (χ2v) is 5.03. The van der Waals surface area contributed by atoms with Crippen molar-refractivity contribution in [3.8, 4) is 0 Å². The molecule has 3 nitrogen and oxygen atoms in total. The number of hydrogen-bond acceptors (Lipinski definition) is 2. The topological polar surface area (TPSA) is 46.3 Å². The Morgan fingerprint density at radius 1 is 1.39 bits per heavy atom. The maximum absolute atomic E-state index is 12.0. The average molecular weight is 269 g/mol. The van der Waals surface area contributed by atoms with Crippen molar-refractivity contribution in [2.45, 2.75) is 26.3 Å². The molecule has 0 fully saturated rings. The van der Waals surface area contributed by atoms with Gasteiger partial charge in [0.2, 0.25) is 5.91 Å². The monoisotopic (exact) mass is 268 g/mol. The van der Waals surface area contributed by atoms with Gasteiger partial charge in [-0.25, -0.2) is 0 Å². The Hall–Kier alpha value is -1.06. The summed E-state index contributed by atoms with van der Waals surface area (Å²) in [6, 6.07) is 7.55. The summed E-state index contributed by atoms with van der Waals surface area (Å²) in [7, 11) is 1.82. The number of nitrogens with two attached hydrogens (primary N) is 1. The molecular formula is C14H21ClN2O. The molecule has 0 aromatic heterocycles. The molecule has 100 valence electrons. The third kappa shape index (κ3) is 4.67. The summed E-state index contributed by atoms with van der Waals surface area (Å²) in [5.41, 5.74) is 6.70. The minimum absolute atomic E-state index is 0.141. The van der Waals surface area contributed by atoms with Gasteiger partial charge < -0.3 is 10.6 Å². The van der Waals surface area contributed by atoms with Crippen LogP contribution >= 0.6 is 11.6 Å². The molecule has 1 amide bonds. The van der Waals surface area contributed by atoms with E-state index in [1.165, 1.54) is 0 Å². The number of rotatable bonds is 6. The molecule has 0 aliphatic heterocycles. The Balaban J connectivity index is 2.51. The largest absolute Gasteiger partial charge is 0.341 e. The number of hydrogen-bond donors (Lipinski definition) is 1. The van der Waals surface area contributed by atoms with Crippen molar-refractivity contribution in [1.82, 2.24) is 4.90 Å². The number of carbonyl (C=O) groups is 1. The molecule has 0 spiro atoms. The quantitative estimate of drug-likeness (QED) is 0.862. The van der Waals surface area contributed by atoms with Crippen LogP contribution in [0.15, 0.2) is 24.3 Å². The SMILES string of the molecule is CCC(CN)CC(=O)N(C)Cc1ccc(Cl)cc1. The fraction of sp³-hybridized carbons (Fsp3) is 0.500. The zero-order valence-electron chi connectivity index (χ0n) is 11.0. The van der Waals surface area contributed by atoms with E-state index in [4.69, 9.17) is 17.3 Å². The smallest absolute Gasteiger partial charge is 0.222 e. The molecule has 0 aliphatic carbocycles. The van der Waals surface area contributed by atoms with Gasteiger partial charge in [-0.15, -0.1) is 0 Å². The van der Waals surface area contributed by atoms with Crippen LogP contribution in [0, 0.1) is 5.92 Å². The highest BCUT2D eigenvalue weighted by Crippen LogP contribution is 2.13. The zero-order chi connectivity index (χ0) is 13.5. The van der Waals surface area contributed by atoms with E-state index in [-0.39, 0.29) is 11.8 Å². The minimum Gasteiger partial charge on any atom is -0.341 e. The molecule has 18 heavy (non-hydrogen) atoms. The maximum atomic E-state index is 12.0. The lowest BCUT2D eigenvalue weighted by atomic mass is 10.0. The van der Waals surface area contributed by atoms with Crippen molar-refractivity contribution >= 4 is 17.5 Å². The standard InChI is InChI=1S/C14H21ClN2O/c1-3-11(9-16)8-14(18)17(2)10-12-4-6-13(15)7-5-12/h4-7,11H,3,8-10,16H2,1-2H3. The van der Waals surface area contributed by atoms with Gasteiger partial charge in [0.05, 0.1) is 0 Å². The highest BCUT2D eigenvalue weighted by molar-refractivity contribution is 6.30. The van der Waals surface area contributed by atoms with E-state index < -0.39 is 0 Å². The van der Waals surface area contributed by atoms with Gasteiger partial charge >= 0.3 is 0 Å². The van der Waals surface area contributed by atoms with E-state index in [9.17, 15) is 4.79 Å². The van der Waals surface area contributed by atoms with Crippen LogP contribution in [0.5, 0.6) is 0 Å². The number of halogens is 1. The highest BCUT2D eigenvalue weighted by atomic mass is 35.5. The number of benzene rings is 1. The van der Waals surface area contributed by atoms with Crippen molar-refractivity contribution in [2.75, 3.05) is 13.6 Å². The Morgan fingerprint density at radius 2 is 2.00 bits per heavy atom. The van der Waals surface area contributed by atoms with Gasteiger partial charge in [-0.1, -0.05) is 37.1 Å². The summed E-state index contributed by atoms with van der Waals surface area (Å²) in [5, 5.41) is 0.710.